The van der Waals surface area contributed by atoms with E-state index in [2.05, 4.69) is 212 Å². The molecule has 0 saturated heterocycles. The van der Waals surface area contributed by atoms with Gasteiger partial charge in [-0.3, -0.25) is 0 Å². The number of hydrogen-bond donors (Lipinski definition) is 0. The summed E-state index contributed by atoms with van der Waals surface area (Å²) in [4.78, 5) is 5.46. The molecule has 0 bridgehead atoms. The highest BCUT2D eigenvalue weighted by Crippen LogP contribution is 2.57. The highest BCUT2D eigenvalue weighted by Gasteiger charge is 2.50. The average molecular weight is 881 g/mol. The minimum absolute atomic E-state index is 0.0598. The van der Waals surface area contributed by atoms with Crippen molar-refractivity contribution in [2.45, 2.75) is 181 Å². The van der Waals surface area contributed by atoms with Crippen LogP contribution in [0.25, 0.3) is 11.1 Å². The molecule has 2 heterocycles. The zero-order valence-electron chi connectivity index (χ0n) is 43.7. The molecular weight excluding hydrogens is 808 g/mol. The number of fused-ring (bicyclic) bond motifs is 10. The van der Waals surface area contributed by atoms with Crippen LogP contribution in [-0.2, 0) is 37.9 Å². The molecule has 6 aromatic rings. The second-order valence-electron chi connectivity index (χ2n) is 26.8. The van der Waals surface area contributed by atoms with Crippen LogP contribution in [0.1, 0.15) is 185 Å². The normalized spacial score (nSPS) is 21.6. The molecule has 0 amide bonds. The lowest BCUT2D eigenvalue weighted by Crippen LogP contribution is -2.62. The minimum atomic E-state index is -0.0598. The van der Waals surface area contributed by atoms with Crippen LogP contribution in [0.15, 0.2) is 91.0 Å². The van der Waals surface area contributed by atoms with Gasteiger partial charge in [-0.2, -0.15) is 0 Å². The van der Waals surface area contributed by atoms with Crippen molar-refractivity contribution >= 4 is 57.2 Å². The third-order valence-electron chi connectivity index (χ3n) is 18.9. The van der Waals surface area contributed by atoms with Gasteiger partial charge >= 0.3 is 0 Å². The summed E-state index contributed by atoms with van der Waals surface area (Å²) in [7, 11) is 0. The van der Waals surface area contributed by atoms with Crippen LogP contribution >= 0.6 is 0 Å². The Balaban J connectivity index is 1.21. The molecule has 0 N–H and O–H groups in total. The summed E-state index contributed by atoms with van der Waals surface area (Å²) < 4.78 is 0. The Hall–Kier alpha value is -5.02. The lowest BCUT2D eigenvalue weighted by molar-refractivity contribution is 0.332. The van der Waals surface area contributed by atoms with Gasteiger partial charge in [-0.05, 0) is 204 Å². The molecular formula is C64H73BN2. The van der Waals surface area contributed by atoms with Crippen LogP contribution in [0.3, 0.4) is 0 Å². The summed E-state index contributed by atoms with van der Waals surface area (Å²) in [5.41, 5.74) is 30.0. The van der Waals surface area contributed by atoms with Crippen molar-refractivity contribution < 1.29 is 0 Å². The lowest BCUT2D eigenvalue weighted by Gasteiger charge is -2.49. The van der Waals surface area contributed by atoms with Crippen molar-refractivity contribution in [1.82, 2.24) is 0 Å². The average Bonchev–Trinajstić information content (AvgIpc) is 3.59. The van der Waals surface area contributed by atoms with Gasteiger partial charge in [0, 0.05) is 39.5 Å². The van der Waals surface area contributed by atoms with Crippen LogP contribution in [0.5, 0.6) is 0 Å². The summed E-state index contributed by atoms with van der Waals surface area (Å²) in [6, 6.07) is 37.7. The molecule has 67 heavy (non-hydrogen) atoms. The Morgan fingerprint density at radius 1 is 0.388 bits per heavy atom. The summed E-state index contributed by atoms with van der Waals surface area (Å²) in [6.45, 7) is 39.5. The SMILES string of the molecule is Cc1cc2c3c(c1)N(c1cc4c(cc1C)C(C)(C)CC4(C)C)c1cc4c(cc1B3c1cc3c(cc1N2c1ccc2c(c1)-c1ccccc1C2(C)C)C(C)(C)CCC3(C)C)C(C)(C)CCC4(C)C. The van der Waals surface area contributed by atoms with Gasteiger partial charge in [-0.15, -0.1) is 0 Å². The second-order valence-corrected chi connectivity index (χ2v) is 26.8. The highest BCUT2D eigenvalue weighted by atomic mass is 15.2. The quantitative estimate of drug-likeness (QED) is 0.160. The molecule has 2 nitrogen and oxygen atoms in total. The van der Waals surface area contributed by atoms with Gasteiger partial charge in [-0.1, -0.05) is 145 Å². The first-order valence-electron chi connectivity index (χ1n) is 25.8. The summed E-state index contributed by atoms with van der Waals surface area (Å²) in [6.07, 6.45) is 5.90. The van der Waals surface area contributed by atoms with E-state index in [0.29, 0.717) is 0 Å². The van der Waals surface area contributed by atoms with E-state index in [1.54, 1.807) is 0 Å². The highest BCUT2D eigenvalue weighted by molar-refractivity contribution is 7.00. The molecule has 0 saturated carbocycles. The van der Waals surface area contributed by atoms with Gasteiger partial charge < -0.3 is 9.80 Å². The molecule has 12 rings (SSSR count). The van der Waals surface area contributed by atoms with E-state index in [4.69, 9.17) is 0 Å². The molecule has 0 fully saturated rings. The van der Waals surface area contributed by atoms with Crippen molar-refractivity contribution in [3.63, 3.8) is 0 Å². The maximum atomic E-state index is 2.75. The van der Waals surface area contributed by atoms with Crippen LogP contribution in [0.4, 0.5) is 34.1 Å². The topological polar surface area (TPSA) is 6.48 Å². The third kappa shape index (κ3) is 5.82. The second kappa shape index (κ2) is 13.2. The Labute approximate surface area is 403 Å². The van der Waals surface area contributed by atoms with Gasteiger partial charge in [0.1, 0.15) is 0 Å². The van der Waals surface area contributed by atoms with E-state index in [0.717, 1.165) is 6.42 Å². The summed E-state index contributed by atoms with van der Waals surface area (Å²) in [5, 5.41) is 0. The number of aryl methyl sites for hydroxylation is 2. The molecule has 2 aliphatic heterocycles. The lowest BCUT2D eigenvalue weighted by atomic mass is 9.32. The van der Waals surface area contributed by atoms with E-state index in [-0.39, 0.29) is 44.6 Å². The monoisotopic (exact) mass is 881 g/mol. The number of benzene rings is 6. The molecule has 342 valence electrons. The van der Waals surface area contributed by atoms with Crippen LogP contribution in [0, 0.1) is 13.8 Å². The maximum Gasteiger partial charge on any atom is 0.252 e. The summed E-state index contributed by atoms with van der Waals surface area (Å²) >= 11 is 0. The van der Waals surface area contributed by atoms with Crippen molar-refractivity contribution in [3.8, 4) is 11.1 Å². The first-order chi connectivity index (χ1) is 31.2. The molecule has 0 unspecified atom stereocenters. The number of hydrogen-bond acceptors (Lipinski definition) is 2. The zero-order chi connectivity index (χ0) is 47.5. The van der Waals surface area contributed by atoms with Crippen molar-refractivity contribution in [2.75, 3.05) is 9.80 Å². The predicted molar refractivity (Wildman–Crippen MR) is 289 cm³/mol. The Morgan fingerprint density at radius 2 is 0.836 bits per heavy atom. The van der Waals surface area contributed by atoms with Crippen LogP contribution < -0.4 is 26.2 Å². The van der Waals surface area contributed by atoms with Crippen molar-refractivity contribution in [1.29, 1.82) is 0 Å². The van der Waals surface area contributed by atoms with E-state index in [1.165, 1.54) is 143 Å². The fraction of sp³-hybridized carbons (Fsp3) is 0.438. The number of nitrogens with zero attached hydrogens (tertiary/aromatic N) is 2. The maximum absolute atomic E-state index is 2.75. The molecule has 6 aromatic carbocycles. The van der Waals surface area contributed by atoms with E-state index in [9.17, 15) is 0 Å². The van der Waals surface area contributed by atoms with E-state index in [1.807, 2.05) is 0 Å². The van der Waals surface area contributed by atoms with Crippen LogP contribution in [0.2, 0.25) is 0 Å². The predicted octanol–water partition coefficient (Wildman–Crippen LogP) is 15.3. The molecule has 0 radical (unpaired) electrons. The largest absolute Gasteiger partial charge is 0.311 e. The number of anilines is 6. The molecule has 3 heteroatoms. The fourth-order valence-electron chi connectivity index (χ4n) is 15.0. The standard InChI is InChI=1S/C64H73BN2/c1-37-27-55-57-56(28-37)67(52-33-49-44(29-38(52)2)62(11,12)36-63(49,13)14)54-35-48-46(59(5,6)24-26-61(48,9)10)32-51(54)65(57)50-31-45-47(60(7,8)25-23-58(45,3)4)34-53(50)66(55)39-21-22-43-41(30-39)40-19-17-18-20-42(40)64(43,15)16/h17-22,27-35H,23-26,36H2,1-16H3. The molecule has 0 spiro atoms. The van der Waals surface area contributed by atoms with Crippen molar-refractivity contribution in [2.24, 2.45) is 0 Å². The zero-order valence-corrected chi connectivity index (χ0v) is 43.7. The van der Waals surface area contributed by atoms with Gasteiger partial charge in [0.2, 0.25) is 0 Å². The van der Waals surface area contributed by atoms with E-state index >= 15 is 0 Å². The Morgan fingerprint density at radius 3 is 1.40 bits per heavy atom. The molecule has 0 atom stereocenters. The van der Waals surface area contributed by atoms with E-state index < -0.39 is 0 Å². The Bertz CT molecular complexity index is 3180. The first-order valence-corrected chi connectivity index (χ1v) is 25.8. The van der Waals surface area contributed by atoms with Gasteiger partial charge in [0.05, 0.1) is 0 Å². The van der Waals surface area contributed by atoms with Crippen molar-refractivity contribution in [3.05, 3.63) is 147 Å². The van der Waals surface area contributed by atoms with Gasteiger partial charge in [0.15, 0.2) is 0 Å². The van der Waals surface area contributed by atoms with Gasteiger partial charge in [0.25, 0.3) is 6.71 Å². The number of rotatable bonds is 2. The fourth-order valence-corrected chi connectivity index (χ4v) is 15.0. The van der Waals surface area contributed by atoms with Crippen LogP contribution in [-0.4, -0.2) is 6.71 Å². The molecule has 4 aliphatic carbocycles. The molecule has 6 aliphatic rings. The smallest absolute Gasteiger partial charge is 0.252 e. The minimum Gasteiger partial charge on any atom is -0.311 e. The molecule has 0 aromatic heterocycles. The summed E-state index contributed by atoms with van der Waals surface area (Å²) in [5.74, 6) is 0. The van der Waals surface area contributed by atoms with Gasteiger partial charge in [-0.25, -0.2) is 0 Å². The first kappa shape index (κ1) is 43.3. The third-order valence-corrected chi connectivity index (χ3v) is 18.9. The Kier molecular flexibility index (Phi) is 8.52.